The molecule has 0 N–H and O–H groups in total. The molecule has 2 radical (unpaired) electrons. The summed E-state index contributed by atoms with van der Waals surface area (Å²) in [7, 11) is -8.36. The van der Waals surface area contributed by atoms with Crippen LogP contribution in [0.1, 0.15) is 0 Å². The highest BCUT2D eigenvalue weighted by Gasteiger charge is 2.66. The van der Waals surface area contributed by atoms with Crippen molar-refractivity contribution in [3.8, 4) is 0 Å². The summed E-state index contributed by atoms with van der Waals surface area (Å²) in [6.07, 6.45) is 0. The van der Waals surface area contributed by atoms with E-state index in [0.29, 0.717) is 0 Å². The molecule has 5 rings (SSSR count). The van der Waals surface area contributed by atoms with Crippen molar-refractivity contribution in [3.05, 3.63) is 152 Å². The third-order valence-electron chi connectivity index (χ3n) is 9.97. The molecule has 5 heteroatoms. The van der Waals surface area contributed by atoms with E-state index in [1.807, 2.05) is 0 Å². The topological polar surface area (TPSA) is 0 Å². The number of hydrogen-bond acceptors (Lipinski definition) is 0. The van der Waals surface area contributed by atoms with Gasteiger partial charge in [0.05, 0.1) is 38.0 Å². The third kappa shape index (κ3) is 4.74. The zero-order valence-corrected chi connectivity index (χ0v) is 29.4. The molecule has 0 fully saturated rings. The molecular formula is C35H40Si5. The molecule has 0 aromatic heterocycles. The number of hydrogen-bond donors (Lipinski definition) is 0. The van der Waals surface area contributed by atoms with E-state index >= 15 is 0 Å². The minimum atomic E-state index is -2.24. The van der Waals surface area contributed by atoms with E-state index in [1.165, 1.54) is 0 Å². The van der Waals surface area contributed by atoms with Gasteiger partial charge in [-0.3, -0.25) is 0 Å². The summed E-state index contributed by atoms with van der Waals surface area (Å²) in [6, 6.07) is 58.6. The van der Waals surface area contributed by atoms with E-state index in [4.69, 9.17) is 0 Å². The van der Waals surface area contributed by atoms with Crippen LogP contribution in [0.2, 0.25) is 32.7 Å². The van der Waals surface area contributed by atoms with E-state index in [0.717, 1.165) is 0 Å². The highest BCUT2D eigenvalue weighted by Crippen LogP contribution is 2.33. The Kier molecular flexibility index (Phi) is 8.59. The maximum atomic E-state index is 2.86. The molecule has 0 saturated heterocycles. The summed E-state index contributed by atoms with van der Waals surface area (Å²) in [4.78, 5) is 0. The molecule has 2 unspecified atom stereocenters. The maximum Gasteiger partial charge on any atom is 0.0773 e. The molecule has 0 saturated carbocycles. The highest BCUT2D eigenvalue weighted by atomic mass is 29.9. The molecule has 0 amide bonds. The predicted octanol–water partition coefficient (Wildman–Crippen LogP) is 5.32. The van der Waals surface area contributed by atoms with E-state index in [9.17, 15) is 0 Å². The van der Waals surface area contributed by atoms with Gasteiger partial charge in [-0.15, -0.1) is 0 Å². The summed E-state index contributed by atoms with van der Waals surface area (Å²) < 4.78 is 0. The van der Waals surface area contributed by atoms with Gasteiger partial charge in [-0.1, -0.05) is 210 Å². The molecule has 5 aromatic carbocycles. The Morgan fingerprint density at radius 2 is 0.600 bits per heavy atom. The molecular weight excluding hydrogens is 561 g/mol. The molecule has 0 spiro atoms. The van der Waals surface area contributed by atoms with Gasteiger partial charge in [-0.2, -0.15) is 0 Å². The average Bonchev–Trinajstić information content (AvgIpc) is 3.04. The van der Waals surface area contributed by atoms with Crippen molar-refractivity contribution in [3.63, 3.8) is 0 Å². The van der Waals surface area contributed by atoms with Gasteiger partial charge in [-0.05, 0) is 0 Å². The van der Waals surface area contributed by atoms with Gasteiger partial charge in [0, 0.05) is 0 Å². The van der Waals surface area contributed by atoms with Crippen LogP contribution in [0.15, 0.2) is 152 Å². The summed E-state index contributed by atoms with van der Waals surface area (Å²) >= 11 is 0. The average molecular weight is 601 g/mol. The first-order valence-corrected chi connectivity index (χ1v) is 29.8. The Balaban J connectivity index is 1.92. The minimum absolute atomic E-state index is 0.912. The Morgan fingerprint density at radius 3 is 0.900 bits per heavy atom. The van der Waals surface area contributed by atoms with Crippen LogP contribution in [-0.2, 0) is 0 Å². The molecule has 0 aliphatic heterocycles. The van der Waals surface area contributed by atoms with Gasteiger partial charge in [0.25, 0.3) is 0 Å². The lowest BCUT2D eigenvalue weighted by molar-refractivity contribution is 1.71. The standard InChI is InChI=1S/C35H40Si5/c1-36(31-21-11-6-12-22-31)38(3,33-25-15-8-16-26-33)40(5,35-29-19-10-20-30-35)39(4,34-27-17-9-18-28-34)37(2)32-23-13-7-14-24-32/h6-30H,1-5H3. The Morgan fingerprint density at radius 1 is 0.350 bits per heavy atom. The van der Waals surface area contributed by atoms with Crippen LogP contribution in [0.25, 0.3) is 0 Å². The number of benzene rings is 5. The van der Waals surface area contributed by atoms with Crippen molar-refractivity contribution in [2.45, 2.75) is 32.7 Å². The first-order chi connectivity index (χ1) is 19.3. The van der Waals surface area contributed by atoms with Gasteiger partial charge in [0.2, 0.25) is 0 Å². The lowest BCUT2D eigenvalue weighted by Crippen LogP contribution is -2.94. The van der Waals surface area contributed by atoms with Crippen molar-refractivity contribution in [1.29, 1.82) is 0 Å². The van der Waals surface area contributed by atoms with E-state index < -0.39 is 38.0 Å². The first kappa shape index (κ1) is 28.7. The molecule has 0 bridgehead atoms. The van der Waals surface area contributed by atoms with Gasteiger partial charge in [0.1, 0.15) is 0 Å². The second-order valence-corrected chi connectivity index (χ2v) is 50.6. The molecule has 2 atom stereocenters. The van der Waals surface area contributed by atoms with Gasteiger partial charge in [-0.25, -0.2) is 0 Å². The smallest absolute Gasteiger partial charge is 0.0688 e. The number of rotatable bonds is 9. The summed E-state index contributed by atoms with van der Waals surface area (Å²) in [5, 5.41) is 8.17. The van der Waals surface area contributed by atoms with Crippen LogP contribution in [0.5, 0.6) is 0 Å². The lowest BCUT2D eigenvalue weighted by atomic mass is 10.4. The molecule has 0 nitrogen and oxygen atoms in total. The fourth-order valence-electron chi connectivity index (χ4n) is 7.11. The zero-order chi connectivity index (χ0) is 28.2. The maximum absolute atomic E-state index is 2.86. The summed E-state index contributed by atoms with van der Waals surface area (Å²) in [5.41, 5.74) is 0. The highest BCUT2D eigenvalue weighted by molar-refractivity contribution is 7.96. The summed E-state index contributed by atoms with van der Waals surface area (Å²) in [6.45, 7) is 13.8. The van der Waals surface area contributed by atoms with E-state index in [2.05, 4.69) is 184 Å². The zero-order valence-electron chi connectivity index (χ0n) is 24.4. The van der Waals surface area contributed by atoms with Gasteiger partial charge in [0.15, 0.2) is 0 Å². The van der Waals surface area contributed by atoms with Crippen molar-refractivity contribution in [2.75, 3.05) is 0 Å². The van der Waals surface area contributed by atoms with E-state index in [1.54, 1.807) is 25.9 Å². The second kappa shape index (κ2) is 12.0. The van der Waals surface area contributed by atoms with Gasteiger partial charge < -0.3 is 0 Å². The monoisotopic (exact) mass is 600 g/mol. The second-order valence-electron chi connectivity index (χ2n) is 11.5. The van der Waals surface area contributed by atoms with Crippen LogP contribution >= 0.6 is 0 Å². The van der Waals surface area contributed by atoms with Crippen LogP contribution in [0.4, 0.5) is 0 Å². The normalized spacial score (nSPS) is 16.2. The first-order valence-electron chi connectivity index (χ1n) is 14.3. The van der Waals surface area contributed by atoms with Crippen LogP contribution < -0.4 is 25.9 Å². The molecule has 0 aliphatic rings. The van der Waals surface area contributed by atoms with Crippen molar-refractivity contribution < 1.29 is 0 Å². The molecule has 0 aliphatic carbocycles. The van der Waals surface area contributed by atoms with Crippen molar-refractivity contribution >= 4 is 63.9 Å². The molecule has 0 heterocycles. The lowest BCUT2D eigenvalue weighted by Gasteiger charge is -2.58. The van der Waals surface area contributed by atoms with E-state index in [-0.39, 0.29) is 0 Å². The van der Waals surface area contributed by atoms with Gasteiger partial charge >= 0.3 is 0 Å². The van der Waals surface area contributed by atoms with Crippen molar-refractivity contribution in [1.82, 2.24) is 0 Å². The molecule has 40 heavy (non-hydrogen) atoms. The van der Waals surface area contributed by atoms with Crippen LogP contribution in [0.3, 0.4) is 0 Å². The fraction of sp³-hybridized carbons (Fsp3) is 0.143. The van der Waals surface area contributed by atoms with Crippen molar-refractivity contribution in [2.24, 2.45) is 0 Å². The Labute approximate surface area is 247 Å². The minimum Gasteiger partial charge on any atom is -0.0688 e. The predicted molar refractivity (Wildman–Crippen MR) is 188 cm³/mol. The molecule has 5 aromatic rings. The largest absolute Gasteiger partial charge is 0.0773 e. The Hall–Kier alpha value is -2.82. The van der Waals surface area contributed by atoms with Crippen LogP contribution in [-0.4, -0.2) is 38.0 Å². The van der Waals surface area contributed by atoms with Crippen LogP contribution in [0, 0.1) is 0 Å². The summed E-state index contributed by atoms with van der Waals surface area (Å²) in [5.74, 6) is 0. The Bertz CT molecular complexity index is 1400. The SMILES string of the molecule is C[Si](c1ccccc1)[Si](C)(c1ccccc1)[Si](C)(c1ccccc1)[Si](C)(c1ccccc1)[Si](C)c1ccccc1. The molecule has 200 valence electrons. The third-order valence-corrected chi connectivity index (χ3v) is 81.0. The quantitative estimate of drug-likeness (QED) is 0.201. The fourth-order valence-corrected chi connectivity index (χ4v) is 99.7.